The largest absolute Gasteiger partial charge is 0.506 e. The predicted octanol–water partition coefficient (Wildman–Crippen LogP) is 3.20. The summed E-state index contributed by atoms with van der Waals surface area (Å²) >= 11 is 0. The maximum atomic E-state index is 13.5. The molecule has 2 amide bonds. The SMILES string of the molecule is CC(C)(C)c1ccc(O)c(NC(=O)CNC(=O)c2ccccc2F)c1. The number of phenols is 1. The quantitative estimate of drug-likeness (QED) is 0.745. The van der Waals surface area contributed by atoms with Gasteiger partial charge in [-0.05, 0) is 35.2 Å². The molecule has 6 heteroatoms. The summed E-state index contributed by atoms with van der Waals surface area (Å²) in [6, 6.07) is 10.5. The van der Waals surface area contributed by atoms with Gasteiger partial charge in [-0.25, -0.2) is 4.39 Å². The number of carbonyl (C=O) groups excluding carboxylic acids is 2. The first kappa shape index (κ1) is 18.4. The lowest BCUT2D eigenvalue weighted by molar-refractivity contribution is -0.115. The third-order valence-corrected chi connectivity index (χ3v) is 3.66. The van der Waals surface area contributed by atoms with Crippen LogP contribution in [0.15, 0.2) is 42.5 Å². The van der Waals surface area contributed by atoms with E-state index in [1.165, 1.54) is 30.3 Å². The Morgan fingerprint density at radius 2 is 1.80 bits per heavy atom. The highest BCUT2D eigenvalue weighted by molar-refractivity contribution is 5.99. The van der Waals surface area contributed by atoms with E-state index in [1.807, 2.05) is 20.8 Å². The van der Waals surface area contributed by atoms with Gasteiger partial charge in [-0.2, -0.15) is 0 Å². The normalized spacial score (nSPS) is 11.0. The van der Waals surface area contributed by atoms with Crippen LogP contribution in [0.5, 0.6) is 5.75 Å². The van der Waals surface area contributed by atoms with E-state index < -0.39 is 17.6 Å². The lowest BCUT2D eigenvalue weighted by Crippen LogP contribution is -2.33. The van der Waals surface area contributed by atoms with Crippen molar-refractivity contribution < 1.29 is 19.1 Å². The van der Waals surface area contributed by atoms with Crippen LogP contribution in [-0.2, 0) is 10.2 Å². The minimum Gasteiger partial charge on any atom is -0.506 e. The molecule has 5 nitrogen and oxygen atoms in total. The molecule has 0 unspecified atom stereocenters. The predicted molar refractivity (Wildman–Crippen MR) is 94.2 cm³/mol. The van der Waals surface area contributed by atoms with Crippen molar-refractivity contribution in [1.82, 2.24) is 5.32 Å². The molecule has 0 saturated carbocycles. The molecule has 0 aromatic heterocycles. The molecule has 0 fully saturated rings. The van der Waals surface area contributed by atoms with E-state index in [0.29, 0.717) is 0 Å². The topological polar surface area (TPSA) is 78.4 Å². The van der Waals surface area contributed by atoms with Crippen LogP contribution in [0, 0.1) is 5.82 Å². The van der Waals surface area contributed by atoms with Crippen LogP contribution < -0.4 is 10.6 Å². The minimum absolute atomic E-state index is 0.0678. The molecule has 0 bridgehead atoms. The number of rotatable bonds is 4. The molecule has 0 aliphatic rings. The Bertz CT molecular complexity index is 797. The average Bonchev–Trinajstić information content (AvgIpc) is 2.54. The molecule has 25 heavy (non-hydrogen) atoms. The number of carbonyl (C=O) groups is 2. The first-order valence-electron chi connectivity index (χ1n) is 7.84. The van der Waals surface area contributed by atoms with Gasteiger partial charge in [-0.15, -0.1) is 0 Å². The van der Waals surface area contributed by atoms with Gasteiger partial charge in [-0.3, -0.25) is 9.59 Å². The van der Waals surface area contributed by atoms with Gasteiger partial charge < -0.3 is 15.7 Å². The standard InChI is InChI=1S/C19H21FN2O3/c1-19(2,3)12-8-9-16(23)15(10-12)22-17(24)11-21-18(25)13-6-4-5-7-14(13)20/h4-10,23H,11H2,1-3H3,(H,21,25)(H,22,24). The van der Waals surface area contributed by atoms with Crippen LogP contribution >= 0.6 is 0 Å². The van der Waals surface area contributed by atoms with Crippen molar-refractivity contribution in [2.24, 2.45) is 0 Å². The van der Waals surface area contributed by atoms with E-state index in [0.717, 1.165) is 5.56 Å². The molecule has 2 aromatic rings. The number of phenolic OH excluding ortho intramolecular Hbond substituents is 1. The summed E-state index contributed by atoms with van der Waals surface area (Å²) in [6.07, 6.45) is 0. The van der Waals surface area contributed by atoms with Crippen molar-refractivity contribution >= 4 is 17.5 Å². The second-order valence-corrected chi connectivity index (χ2v) is 6.69. The van der Waals surface area contributed by atoms with Gasteiger partial charge >= 0.3 is 0 Å². The number of aromatic hydroxyl groups is 1. The van der Waals surface area contributed by atoms with Gasteiger partial charge in [-0.1, -0.05) is 39.0 Å². The molecule has 0 aliphatic carbocycles. The maximum absolute atomic E-state index is 13.5. The molecule has 0 atom stereocenters. The number of hydrogen-bond acceptors (Lipinski definition) is 3. The van der Waals surface area contributed by atoms with E-state index in [-0.39, 0.29) is 29.0 Å². The van der Waals surface area contributed by atoms with Gasteiger partial charge in [0.1, 0.15) is 11.6 Å². The fourth-order valence-electron chi connectivity index (χ4n) is 2.20. The number of halogens is 1. The summed E-state index contributed by atoms with van der Waals surface area (Å²) in [6.45, 7) is 5.70. The summed E-state index contributed by atoms with van der Waals surface area (Å²) in [5.41, 5.74) is 0.924. The van der Waals surface area contributed by atoms with Gasteiger partial charge in [0.2, 0.25) is 5.91 Å². The molecule has 0 radical (unpaired) electrons. The third kappa shape index (κ3) is 4.79. The highest BCUT2D eigenvalue weighted by Crippen LogP contribution is 2.30. The van der Waals surface area contributed by atoms with Gasteiger partial charge in [0.05, 0.1) is 17.8 Å². The van der Waals surface area contributed by atoms with Crippen molar-refractivity contribution in [3.8, 4) is 5.75 Å². The maximum Gasteiger partial charge on any atom is 0.254 e. The number of benzene rings is 2. The van der Waals surface area contributed by atoms with Crippen LogP contribution in [0.1, 0.15) is 36.7 Å². The summed E-state index contributed by atoms with van der Waals surface area (Å²) in [4.78, 5) is 23.9. The molecule has 0 saturated heterocycles. The highest BCUT2D eigenvalue weighted by Gasteiger charge is 2.17. The molecule has 2 rings (SSSR count). The zero-order valence-corrected chi connectivity index (χ0v) is 14.4. The Kier molecular flexibility index (Phi) is 5.41. The Labute approximate surface area is 145 Å². The van der Waals surface area contributed by atoms with Crippen LogP contribution in [0.2, 0.25) is 0 Å². The number of hydrogen-bond donors (Lipinski definition) is 3. The first-order chi connectivity index (χ1) is 11.7. The van der Waals surface area contributed by atoms with Crippen molar-refractivity contribution in [3.05, 3.63) is 59.4 Å². The Balaban J connectivity index is 2.01. The molecule has 132 valence electrons. The minimum atomic E-state index is -0.680. The van der Waals surface area contributed by atoms with E-state index in [1.54, 1.807) is 12.1 Å². The lowest BCUT2D eigenvalue weighted by Gasteiger charge is -2.20. The Morgan fingerprint density at radius 1 is 1.12 bits per heavy atom. The van der Waals surface area contributed by atoms with E-state index >= 15 is 0 Å². The zero-order chi connectivity index (χ0) is 18.6. The lowest BCUT2D eigenvalue weighted by atomic mass is 9.87. The van der Waals surface area contributed by atoms with E-state index in [4.69, 9.17) is 0 Å². The van der Waals surface area contributed by atoms with E-state index in [9.17, 15) is 19.1 Å². The smallest absolute Gasteiger partial charge is 0.254 e. The molecular formula is C19H21FN2O3. The monoisotopic (exact) mass is 344 g/mol. The second-order valence-electron chi connectivity index (χ2n) is 6.69. The summed E-state index contributed by atoms with van der Waals surface area (Å²) in [5, 5.41) is 14.8. The van der Waals surface area contributed by atoms with E-state index in [2.05, 4.69) is 10.6 Å². The Hall–Kier alpha value is -2.89. The fraction of sp³-hybridized carbons (Fsp3) is 0.263. The van der Waals surface area contributed by atoms with Crippen LogP contribution in [0.3, 0.4) is 0 Å². The fourth-order valence-corrected chi connectivity index (χ4v) is 2.20. The first-order valence-corrected chi connectivity index (χ1v) is 7.84. The number of nitrogens with one attached hydrogen (secondary N) is 2. The molecule has 3 N–H and O–H groups in total. The van der Waals surface area contributed by atoms with Crippen molar-refractivity contribution in [1.29, 1.82) is 0 Å². The van der Waals surface area contributed by atoms with Crippen LogP contribution in [0.4, 0.5) is 10.1 Å². The molecule has 0 aliphatic heterocycles. The van der Waals surface area contributed by atoms with Crippen molar-refractivity contribution in [2.45, 2.75) is 26.2 Å². The molecule has 2 aromatic carbocycles. The van der Waals surface area contributed by atoms with Crippen LogP contribution in [-0.4, -0.2) is 23.5 Å². The van der Waals surface area contributed by atoms with Crippen LogP contribution in [0.25, 0.3) is 0 Å². The average molecular weight is 344 g/mol. The van der Waals surface area contributed by atoms with Gasteiger partial charge in [0.15, 0.2) is 0 Å². The van der Waals surface area contributed by atoms with Crippen molar-refractivity contribution in [2.75, 3.05) is 11.9 Å². The zero-order valence-electron chi connectivity index (χ0n) is 14.4. The summed E-state index contributed by atoms with van der Waals surface area (Å²) < 4.78 is 13.5. The summed E-state index contributed by atoms with van der Waals surface area (Å²) in [5.74, 6) is -1.93. The molecular weight excluding hydrogens is 323 g/mol. The highest BCUT2D eigenvalue weighted by atomic mass is 19.1. The summed E-state index contributed by atoms with van der Waals surface area (Å²) in [7, 11) is 0. The molecule has 0 spiro atoms. The number of amides is 2. The number of anilines is 1. The second kappa shape index (κ2) is 7.34. The Morgan fingerprint density at radius 3 is 2.44 bits per heavy atom. The van der Waals surface area contributed by atoms with Crippen molar-refractivity contribution in [3.63, 3.8) is 0 Å². The van der Waals surface area contributed by atoms with Gasteiger partial charge in [0, 0.05) is 0 Å². The molecule has 0 heterocycles. The van der Waals surface area contributed by atoms with Gasteiger partial charge in [0.25, 0.3) is 5.91 Å². The third-order valence-electron chi connectivity index (χ3n) is 3.66.